The van der Waals surface area contributed by atoms with E-state index in [9.17, 15) is 4.57 Å². The molecule has 5 nitrogen and oxygen atoms in total. The lowest BCUT2D eigenvalue weighted by Crippen LogP contribution is -2.18. The normalized spacial score (nSPS) is 26.2. The molecule has 0 N–H and O–H groups in total. The van der Waals surface area contributed by atoms with Crippen molar-refractivity contribution in [3.05, 3.63) is 0 Å². The van der Waals surface area contributed by atoms with Gasteiger partial charge in [0.15, 0.2) is 6.29 Å². The van der Waals surface area contributed by atoms with Crippen molar-refractivity contribution in [3.8, 4) is 0 Å². The largest absolute Gasteiger partial charge is 0.349 e. The van der Waals surface area contributed by atoms with Gasteiger partial charge >= 0.3 is 7.60 Å². The molecule has 0 radical (unpaired) electrons. The highest BCUT2D eigenvalue weighted by Gasteiger charge is 2.34. The Morgan fingerprint density at radius 1 is 1.38 bits per heavy atom. The van der Waals surface area contributed by atoms with Gasteiger partial charge < -0.3 is 18.5 Å². The zero-order valence-corrected chi connectivity index (χ0v) is 12.0. The Hall–Kier alpha value is 0.550. The Morgan fingerprint density at radius 2 is 2.00 bits per heavy atom. The van der Waals surface area contributed by atoms with Crippen LogP contribution in [-0.2, 0) is 23.1 Å². The highest BCUT2D eigenvalue weighted by molar-refractivity contribution is 9.09. The van der Waals surface area contributed by atoms with E-state index in [0.29, 0.717) is 25.2 Å². The van der Waals surface area contributed by atoms with E-state index >= 15 is 0 Å². The molecule has 0 aliphatic carbocycles. The van der Waals surface area contributed by atoms with Crippen LogP contribution in [0.15, 0.2) is 0 Å². The van der Waals surface area contributed by atoms with Crippen molar-refractivity contribution in [2.75, 3.05) is 31.3 Å². The first-order valence-corrected chi connectivity index (χ1v) is 8.19. The van der Waals surface area contributed by atoms with Crippen LogP contribution in [0.1, 0.15) is 13.8 Å². The molecule has 0 saturated carbocycles. The molecular weight excluding hydrogens is 299 g/mol. The minimum absolute atomic E-state index is 0.0155. The summed E-state index contributed by atoms with van der Waals surface area (Å²) in [5.41, 5.74) is 0. The molecule has 0 aromatic rings. The van der Waals surface area contributed by atoms with Gasteiger partial charge in [-0.2, -0.15) is 0 Å². The van der Waals surface area contributed by atoms with Crippen LogP contribution in [0.5, 0.6) is 0 Å². The first-order chi connectivity index (χ1) is 7.63. The topological polar surface area (TPSA) is 54.0 Å². The molecule has 0 amide bonds. The van der Waals surface area contributed by atoms with Crippen molar-refractivity contribution >= 4 is 23.5 Å². The van der Waals surface area contributed by atoms with E-state index in [1.54, 1.807) is 13.8 Å². The predicted octanol–water partition coefficient (Wildman–Crippen LogP) is 2.39. The summed E-state index contributed by atoms with van der Waals surface area (Å²) in [6.45, 7) is 4.78. The molecule has 0 aromatic carbocycles. The van der Waals surface area contributed by atoms with E-state index in [2.05, 4.69) is 15.9 Å². The third-order valence-electron chi connectivity index (χ3n) is 2.01. The average molecular weight is 317 g/mol. The van der Waals surface area contributed by atoms with Crippen LogP contribution in [0.25, 0.3) is 0 Å². The fourth-order valence-electron chi connectivity index (χ4n) is 1.40. The van der Waals surface area contributed by atoms with Crippen LogP contribution >= 0.6 is 23.5 Å². The van der Waals surface area contributed by atoms with Crippen LogP contribution in [-0.4, -0.2) is 43.7 Å². The monoisotopic (exact) mass is 316 g/mol. The third-order valence-corrected chi connectivity index (χ3v) is 4.78. The van der Waals surface area contributed by atoms with Gasteiger partial charge in [-0.25, -0.2) is 0 Å². The molecule has 0 unspecified atom stereocenters. The molecule has 1 saturated heterocycles. The van der Waals surface area contributed by atoms with Gasteiger partial charge in [0.2, 0.25) is 0 Å². The lowest BCUT2D eigenvalue weighted by Gasteiger charge is -2.19. The lowest BCUT2D eigenvalue weighted by molar-refractivity contribution is -0.0393. The Balaban J connectivity index is 2.46. The summed E-state index contributed by atoms with van der Waals surface area (Å²) in [6.07, 6.45) is -0.328. The first kappa shape index (κ1) is 14.6. The number of ether oxygens (including phenoxy) is 2. The molecule has 1 aliphatic heterocycles. The minimum Gasteiger partial charge on any atom is -0.349 e. The highest BCUT2D eigenvalue weighted by atomic mass is 79.9. The molecule has 96 valence electrons. The molecule has 1 heterocycles. The molecule has 1 aliphatic rings. The van der Waals surface area contributed by atoms with Crippen molar-refractivity contribution in [2.24, 2.45) is 0 Å². The van der Waals surface area contributed by atoms with E-state index < -0.39 is 13.9 Å². The molecule has 16 heavy (non-hydrogen) atoms. The average Bonchev–Trinajstić information content (AvgIpc) is 2.65. The van der Waals surface area contributed by atoms with Gasteiger partial charge in [-0.3, -0.25) is 4.57 Å². The van der Waals surface area contributed by atoms with Crippen molar-refractivity contribution in [2.45, 2.75) is 26.2 Å². The summed E-state index contributed by atoms with van der Waals surface area (Å²) in [5, 5.41) is 0.705. The first-order valence-electron chi connectivity index (χ1n) is 5.34. The quantitative estimate of drug-likeness (QED) is 0.533. The number of alkyl halides is 1. The molecule has 0 bridgehead atoms. The molecular formula is C9H18BrO5P. The summed E-state index contributed by atoms with van der Waals surface area (Å²) in [5.74, 6) is 0. The molecule has 1 fully saturated rings. The fourth-order valence-corrected chi connectivity index (χ4v) is 3.37. The fraction of sp³-hybridized carbons (Fsp3) is 1.00. The summed E-state index contributed by atoms with van der Waals surface area (Å²) >= 11 is 3.31. The van der Waals surface area contributed by atoms with Gasteiger partial charge in [0.05, 0.1) is 25.9 Å². The van der Waals surface area contributed by atoms with Gasteiger partial charge in [-0.05, 0) is 13.8 Å². The lowest BCUT2D eigenvalue weighted by atomic mass is 10.5. The van der Waals surface area contributed by atoms with Crippen molar-refractivity contribution in [3.63, 3.8) is 0 Å². The smallest absolute Gasteiger partial charge is 0.335 e. The maximum absolute atomic E-state index is 12.1. The second-order valence-electron chi connectivity index (χ2n) is 3.30. The van der Waals surface area contributed by atoms with E-state index in [-0.39, 0.29) is 12.3 Å². The number of rotatable bonds is 7. The Morgan fingerprint density at radius 3 is 2.44 bits per heavy atom. The maximum Gasteiger partial charge on any atom is 0.335 e. The van der Waals surface area contributed by atoms with Gasteiger partial charge in [0, 0.05) is 5.33 Å². The Bertz CT molecular complexity index is 240. The summed E-state index contributed by atoms with van der Waals surface area (Å²) in [7, 11) is -3.07. The van der Waals surface area contributed by atoms with Crippen molar-refractivity contribution in [1.82, 2.24) is 0 Å². The SMILES string of the molecule is CCOP(=O)(C[C@@H]1OC[C@H](CBr)O1)OCC. The summed E-state index contributed by atoms with van der Waals surface area (Å²) in [4.78, 5) is 0. The number of hydrogen-bond donors (Lipinski definition) is 0. The van der Waals surface area contributed by atoms with E-state index in [1.807, 2.05) is 0 Å². The van der Waals surface area contributed by atoms with Gasteiger partial charge in [0.25, 0.3) is 0 Å². The van der Waals surface area contributed by atoms with Gasteiger partial charge in [-0.1, -0.05) is 15.9 Å². The van der Waals surface area contributed by atoms with Crippen molar-refractivity contribution < 1.29 is 23.1 Å². The minimum atomic E-state index is -3.07. The van der Waals surface area contributed by atoms with Crippen LogP contribution in [0.3, 0.4) is 0 Å². The van der Waals surface area contributed by atoms with Crippen LogP contribution < -0.4 is 0 Å². The molecule has 2 atom stereocenters. The zero-order valence-electron chi connectivity index (χ0n) is 9.56. The predicted molar refractivity (Wildman–Crippen MR) is 64.1 cm³/mol. The standard InChI is InChI=1S/C9H18BrO5P/c1-3-13-16(11,14-4-2)7-9-12-6-8(5-10)15-9/h8-9H,3-7H2,1-2H3/t8-,9+/m0/s1. The molecule has 0 spiro atoms. The number of halogens is 1. The highest BCUT2D eigenvalue weighted by Crippen LogP contribution is 2.49. The van der Waals surface area contributed by atoms with E-state index in [4.69, 9.17) is 18.5 Å². The van der Waals surface area contributed by atoms with E-state index in [0.717, 1.165) is 0 Å². The Kier molecular flexibility index (Phi) is 6.47. The summed E-state index contributed by atoms with van der Waals surface area (Å²) < 4.78 is 33.3. The molecule has 7 heteroatoms. The second-order valence-corrected chi connectivity index (χ2v) is 6.06. The summed E-state index contributed by atoms with van der Waals surface area (Å²) in [6, 6.07) is 0. The Labute approximate surface area is 104 Å². The number of hydrogen-bond acceptors (Lipinski definition) is 5. The van der Waals surface area contributed by atoms with Crippen molar-refractivity contribution in [1.29, 1.82) is 0 Å². The van der Waals surface area contributed by atoms with Gasteiger partial charge in [-0.15, -0.1) is 0 Å². The van der Waals surface area contributed by atoms with Crippen LogP contribution in [0, 0.1) is 0 Å². The van der Waals surface area contributed by atoms with Crippen LogP contribution in [0.2, 0.25) is 0 Å². The maximum atomic E-state index is 12.1. The third kappa shape index (κ3) is 4.43. The molecule has 0 aromatic heterocycles. The molecule has 1 rings (SSSR count). The van der Waals surface area contributed by atoms with Gasteiger partial charge in [0.1, 0.15) is 6.16 Å². The zero-order chi connectivity index (χ0) is 12.0. The second kappa shape index (κ2) is 7.09. The van der Waals surface area contributed by atoms with E-state index in [1.165, 1.54) is 0 Å². The van der Waals surface area contributed by atoms with Crippen LogP contribution in [0.4, 0.5) is 0 Å².